The summed E-state index contributed by atoms with van der Waals surface area (Å²) in [5, 5.41) is 1.28. The zero-order chi connectivity index (χ0) is 10.1. The number of hydrogen-bond acceptors (Lipinski definition) is 1. The van der Waals surface area contributed by atoms with Gasteiger partial charge in [-0.25, -0.2) is 0 Å². The van der Waals surface area contributed by atoms with Crippen molar-refractivity contribution in [2.45, 2.75) is 12.8 Å². The minimum Gasteiger partial charge on any atom is -0.298 e. The van der Waals surface area contributed by atoms with Crippen molar-refractivity contribution in [2.75, 3.05) is 0 Å². The van der Waals surface area contributed by atoms with Gasteiger partial charge in [0, 0.05) is 10.6 Å². The zero-order valence-electron chi connectivity index (χ0n) is 7.39. The molecule has 0 saturated heterocycles. The van der Waals surface area contributed by atoms with Crippen molar-refractivity contribution in [1.82, 2.24) is 0 Å². The van der Waals surface area contributed by atoms with Crippen LogP contribution >= 0.6 is 23.2 Å². The first kappa shape index (κ1) is 9.75. The van der Waals surface area contributed by atoms with Crippen molar-refractivity contribution in [3.63, 3.8) is 0 Å². The topological polar surface area (TPSA) is 17.1 Å². The van der Waals surface area contributed by atoms with Gasteiger partial charge >= 0.3 is 0 Å². The van der Waals surface area contributed by atoms with E-state index >= 15 is 0 Å². The van der Waals surface area contributed by atoms with E-state index in [4.69, 9.17) is 23.2 Å². The summed E-state index contributed by atoms with van der Waals surface area (Å²) in [5.41, 5.74) is 2.74. The molecule has 0 unspecified atom stereocenters. The van der Waals surface area contributed by atoms with Crippen molar-refractivity contribution in [1.29, 1.82) is 0 Å². The molecule has 0 amide bonds. The molecule has 0 N–H and O–H groups in total. The molecular weight excluding hydrogens is 219 g/mol. The van der Waals surface area contributed by atoms with E-state index in [1.807, 2.05) is 12.1 Å². The Balaban J connectivity index is 2.58. The second-order valence-corrected chi connectivity index (χ2v) is 4.07. The molecule has 1 aliphatic carbocycles. The lowest BCUT2D eigenvalue weighted by Gasteiger charge is -2.16. The average Bonchev–Trinajstić information content (AvgIpc) is 2.18. The van der Waals surface area contributed by atoms with Crippen molar-refractivity contribution in [3.8, 4) is 0 Å². The van der Waals surface area contributed by atoms with Crippen molar-refractivity contribution in [2.24, 2.45) is 0 Å². The van der Waals surface area contributed by atoms with Crippen LogP contribution in [0, 0.1) is 0 Å². The Morgan fingerprint density at radius 2 is 2.00 bits per heavy atom. The third-order valence-electron chi connectivity index (χ3n) is 2.39. The molecule has 3 heteroatoms. The van der Waals surface area contributed by atoms with Crippen LogP contribution in [0.5, 0.6) is 0 Å². The summed E-state index contributed by atoms with van der Waals surface area (Å²) < 4.78 is 0. The van der Waals surface area contributed by atoms with Gasteiger partial charge in [-0.05, 0) is 36.1 Å². The third kappa shape index (κ3) is 1.58. The molecule has 0 spiro atoms. The van der Waals surface area contributed by atoms with E-state index in [0.29, 0.717) is 22.0 Å². The maximum atomic E-state index is 10.7. The molecule has 0 heterocycles. The lowest BCUT2D eigenvalue weighted by molar-refractivity contribution is -0.105. The highest BCUT2D eigenvalue weighted by atomic mass is 35.5. The molecule has 1 aliphatic rings. The van der Waals surface area contributed by atoms with Crippen LogP contribution in [0.2, 0.25) is 5.02 Å². The third-order valence-corrected chi connectivity index (χ3v) is 3.07. The second kappa shape index (κ2) is 3.76. The van der Waals surface area contributed by atoms with Gasteiger partial charge in [-0.2, -0.15) is 0 Å². The molecule has 1 aromatic rings. The number of hydrogen-bond donors (Lipinski definition) is 0. The van der Waals surface area contributed by atoms with Gasteiger partial charge in [-0.15, -0.1) is 0 Å². The van der Waals surface area contributed by atoms with Gasteiger partial charge in [0.15, 0.2) is 0 Å². The lowest BCUT2D eigenvalue weighted by Crippen LogP contribution is -2.03. The minimum atomic E-state index is 0.568. The molecular formula is C11H8Cl2O. The van der Waals surface area contributed by atoms with Gasteiger partial charge in [0.05, 0.1) is 5.03 Å². The molecule has 14 heavy (non-hydrogen) atoms. The fourth-order valence-electron chi connectivity index (χ4n) is 1.65. The van der Waals surface area contributed by atoms with Crippen LogP contribution in [0.25, 0.3) is 5.03 Å². The first-order valence-corrected chi connectivity index (χ1v) is 5.10. The van der Waals surface area contributed by atoms with E-state index in [0.717, 1.165) is 23.8 Å². The standard InChI is InChI=1S/C11H8Cl2O/c12-9-3-4-10-7(5-9)1-2-8(6-14)11(10)13/h3-6H,1-2H2. The zero-order valence-corrected chi connectivity index (χ0v) is 8.90. The van der Waals surface area contributed by atoms with Crippen LogP contribution in [-0.4, -0.2) is 6.29 Å². The molecule has 0 aliphatic heterocycles. The minimum absolute atomic E-state index is 0.568. The van der Waals surface area contributed by atoms with Crippen LogP contribution in [0.1, 0.15) is 17.5 Å². The van der Waals surface area contributed by atoms with Crippen LogP contribution in [-0.2, 0) is 11.2 Å². The van der Waals surface area contributed by atoms with Gasteiger partial charge in [0.1, 0.15) is 6.29 Å². The number of carbonyl (C=O) groups excluding carboxylic acids is 1. The van der Waals surface area contributed by atoms with Crippen LogP contribution < -0.4 is 0 Å². The summed E-state index contributed by atoms with van der Waals surface area (Å²) in [6.45, 7) is 0. The summed E-state index contributed by atoms with van der Waals surface area (Å²) in [5.74, 6) is 0. The number of allylic oxidation sites excluding steroid dienone is 1. The van der Waals surface area contributed by atoms with Crippen LogP contribution in [0.4, 0.5) is 0 Å². The average molecular weight is 227 g/mol. The molecule has 0 saturated carbocycles. The van der Waals surface area contributed by atoms with E-state index in [1.165, 1.54) is 0 Å². The van der Waals surface area contributed by atoms with E-state index < -0.39 is 0 Å². The Hall–Kier alpha value is -0.790. The Bertz CT molecular complexity index is 421. The monoisotopic (exact) mass is 226 g/mol. The summed E-state index contributed by atoms with van der Waals surface area (Å²) in [6.07, 6.45) is 2.37. The Kier molecular flexibility index (Phi) is 2.62. The maximum absolute atomic E-state index is 10.7. The lowest BCUT2D eigenvalue weighted by atomic mass is 9.92. The summed E-state index contributed by atoms with van der Waals surface area (Å²) in [6, 6.07) is 5.56. The van der Waals surface area contributed by atoms with Crippen molar-refractivity contribution >= 4 is 34.5 Å². The van der Waals surface area contributed by atoms with Gasteiger partial charge in [0.2, 0.25) is 0 Å². The highest BCUT2D eigenvalue weighted by Crippen LogP contribution is 2.34. The molecule has 0 fully saturated rings. The first-order valence-electron chi connectivity index (χ1n) is 4.35. The smallest absolute Gasteiger partial charge is 0.147 e. The Morgan fingerprint density at radius 1 is 1.21 bits per heavy atom. The number of rotatable bonds is 1. The van der Waals surface area contributed by atoms with E-state index in [1.54, 1.807) is 6.07 Å². The normalized spacial score (nSPS) is 15.3. The van der Waals surface area contributed by atoms with Crippen LogP contribution in [0.3, 0.4) is 0 Å². The van der Waals surface area contributed by atoms with E-state index in [-0.39, 0.29) is 0 Å². The summed E-state index contributed by atoms with van der Waals surface area (Å²) >= 11 is 11.9. The SMILES string of the molecule is O=CC1=C(Cl)c2ccc(Cl)cc2CC1. The quantitative estimate of drug-likeness (QED) is 0.671. The largest absolute Gasteiger partial charge is 0.298 e. The molecule has 0 bridgehead atoms. The van der Waals surface area contributed by atoms with Gasteiger partial charge in [0.25, 0.3) is 0 Å². The predicted molar refractivity (Wildman–Crippen MR) is 58.6 cm³/mol. The number of aldehydes is 1. The molecule has 1 nitrogen and oxygen atoms in total. The fourth-order valence-corrected chi connectivity index (χ4v) is 2.16. The molecule has 2 rings (SSSR count). The second-order valence-electron chi connectivity index (χ2n) is 3.26. The highest BCUT2D eigenvalue weighted by Gasteiger charge is 2.16. The van der Waals surface area contributed by atoms with Crippen molar-refractivity contribution < 1.29 is 4.79 Å². The molecule has 72 valence electrons. The van der Waals surface area contributed by atoms with Gasteiger partial charge in [-0.3, -0.25) is 4.79 Å². The first-order chi connectivity index (χ1) is 6.72. The Labute approximate surface area is 92.3 Å². The van der Waals surface area contributed by atoms with Crippen molar-refractivity contribution in [3.05, 3.63) is 39.9 Å². The molecule has 0 atom stereocenters. The number of benzene rings is 1. The molecule has 0 radical (unpaired) electrons. The van der Waals surface area contributed by atoms with Gasteiger partial charge in [-0.1, -0.05) is 29.3 Å². The van der Waals surface area contributed by atoms with Crippen LogP contribution in [0.15, 0.2) is 23.8 Å². The number of aryl methyl sites for hydroxylation is 1. The van der Waals surface area contributed by atoms with E-state index in [2.05, 4.69) is 0 Å². The number of carbonyl (C=O) groups is 1. The summed E-state index contributed by atoms with van der Waals surface area (Å²) in [7, 11) is 0. The fraction of sp³-hybridized carbons (Fsp3) is 0.182. The number of fused-ring (bicyclic) bond motifs is 1. The molecule has 0 aromatic heterocycles. The maximum Gasteiger partial charge on any atom is 0.147 e. The Morgan fingerprint density at radius 3 is 2.71 bits per heavy atom. The van der Waals surface area contributed by atoms with Gasteiger partial charge < -0.3 is 0 Å². The summed E-state index contributed by atoms with van der Waals surface area (Å²) in [4.78, 5) is 10.7. The highest BCUT2D eigenvalue weighted by molar-refractivity contribution is 6.50. The number of halogens is 2. The van der Waals surface area contributed by atoms with E-state index in [9.17, 15) is 4.79 Å². The predicted octanol–water partition coefficient (Wildman–Crippen LogP) is 3.44. The molecule has 1 aromatic carbocycles.